The minimum absolute atomic E-state index is 0.0859. The second kappa shape index (κ2) is 5.70. The molecule has 17 heavy (non-hydrogen) atoms. The second-order valence-electron chi connectivity index (χ2n) is 5.91. The molecule has 102 valence electrons. The first kappa shape index (κ1) is 15.0. The predicted molar refractivity (Wildman–Crippen MR) is 73.0 cm³/mol. The van der Waals surface area contributed by atoms with Gasteiger partial charge in [0, 0.05) is 12.3 Å². The topological polar surface area (TPSA) is 46.2 Å². The first-order valence-corrected chi connectivity index (χ1v) is 8.61. The Morgan fingerprint density at radius 2 is 1.94 bits per heavy atom. The van der Waals surface area contributed by atoms with Gasteiger partial charge < -0.3 is 5.32 Å². The maximum Gasteiger partial charge on any atom is 0.154 e. The van der Waals surface area contributed by atoms with E-state index < -0.39 is 14.6 Å². The standard InChI is InChI=1S/C13H27NO2S/c1-5-9-14-12(10-11-7-6-8-11)13(2,3)17(4,15)16/h11-12,14H,5-10H2,1-4H3. The van der Waals surface area contributed by atoms with Gasteiger partial charge in [0.2, 0.25) is 0 Å². The van der Waals surface area contributed by atoms with E-state index in [4.69, 9.17) is 0 Å². The first-order valence-electron chi connectivity index (χ1n) is 6.72. The fourth-order valence-electron chi connectivity index (χ4n) is 2.25. The van der Waals surface area contributed by atoms with E-state index in [1.807, 2.05) is 13.8 Å². The number of nitrogens with one attached hydrogen (secondary N) is 1. The largest absolute Gasteiger partial charge is 0.312 e. The average Bonchev–Trinajstić information content (AvgIpc) is 2.13. The maximum atomic E-state index is 11.9. The summed E-state index contributed by atoms with van der Waals surface area (Å²) in [4.78, 5) is 0. The van der Waals surface area contributed by atoms with Crippen LogP contribution < -0.4 is 5.32 Å². The van der Waals surface area contributed by atoms with Crippen molar-refractivity contribution in [3.63, 3.8) is 0 Å². The van der Waals surface area contributed by atoms with Gasteiger partial charge in [0.05, 0.1) is 4.75 Å². The summed E-state index contributed by atoms with van der Waals surface area (Å²) >= 11 is 0. The molecular formula is C13H27NO2S. The third-order valence-corrected chi connectivity index (χ3v) is 6.43. The molecule has 0 spiro atoms. The highest BCUT2D eigenvalue weighted by Crippen LogP contribution is 2.34. The van der Waals surface area contributed by atoms with Gasteiger partial charge in [-0.15, -0.1) is 0 Å². The summed E-state index contributed by atoms with van der Waals surface area (Å²) in [7, 11) is -3.02. The average molecular weight is 261 g/mol. The molecule has 1 N–H and O–H groups in total. The lowest BCUT2D eigenvalue weighted by molar-refractivity contribution is 0.240. The summed E-state index contributed by atoms with van der Waals surface area (Å²) in [5, 5.41) is 3.44. The Balaban J connectivity index is 2.72. The highest BCUT2D eigenvalue weighted by atomic mass is 32.2. The first-order chi connectivity index (χ1) is 7.79. The van der Waals surface area contributed by atoms with Crippen LogP contribution in [0.5, 0.6) is 0 Å². The minimum Gasteiger partial charge on any atom is -0.312 e. The molecule has 1 unspecified atom stereocenters. The Morgan fingerprint density at radius 3 is 2.29 bits per heavy atom. The van der Waals surface area contributed by atoms with Crippen molar-refractivity contribution in [2.24, 2.45) is 5.92 Å². The highest BCUT2D eigenvalue weighted by Gasteiger charge is 2.40. The van der Waals surface area contributed by atoms with Crippen molar-refractivity contribution in [1.29, 1.82) is 0 Å². The van der Waals surface area contributed by atoms with Crippen molar-refractivity contribution in [3.05, 3.63) is 0 Å². The molecule has 0 aromatic heterocycles. The van der Waals surface area contributed by atoms with Crippen molar-refractivity contribution >= 4 is 9.84 Å². The molecule has 1 saturated carbocycles. The lowest BCUT2D eigenvalue weighted by atomic mass is 9.78. The van der Waals surface area contributed by atoms with E-state index in [9.17, 15) is 8.42 Å². The number of rotatable bonds is 7. The summed E-state index contributed by atoms with van der Waals surface area (Å²) in [5.74, 6) is 0.727. The predicted octanol–water partition coefficient (Wildman–Crippen LogP) is 2.37. The molecule has 0 aliphatic heterocycles. The van der Waals surface area contributed by atoms with Crippen molar-refractivity contribution < 1.29 is 8.42 Å². The lowest BCUT2D eigenvalue weighted by Crippen LogP contribution is -2.52. The van der Waals surface area contributed by atoms with Crippen LogP contribution in [0.1, 0.15) is 52.9 Å². The Bertz CT molecular complexity index is 331. The summed E-state index contributed by atoms with van der Waals surface area (Å²) < 4.78 is 23.1. The maximum absolute atomic E-state index is 11.9. The van der Waals surface area contributed by atoms with Gasteiger partial charge >= 0.3 is 0 Å². The van der Waals surface area contributed by atoms with Crippen LogP contribution in [0, 0.1) is 5.92 Å². The molecule has 0 amide bonds. The van der Waals surface area contributed by atoms with Crippen molar-refractivity contribution in [2.75, 3.05) is 12.8 Å². The van der Waals surface area contributed by atoms with Gasteiger partial charge in [0.15, 0.2) is 9.84 Å². The number of hydrogen-bond acceptors (Lipinski definition) is 3. The monoisotopic (exact) mass is 261 g/mol. The molecule has 0 aromatic carbocycles. The smallest absolute Gasteiger partial charge is 0.154 e. The van der Waals surface area contributed by atoms with Gasteiger partial charge in [0.1, 0.15) is 0 Å². The van der Waals surface area contributed by atoms with E-state index in [1.54, 1.807) is 0 Å². The molecule has 0 heterocycles. The van der Waals surface area contributed by atoms with Gasteiger partial charge in [0.25, 0.3) is 0 Å². The minimum atomic E-state index is -3.02. The van der Waals surface area contributed by atoms with E-state index in [2.05, 4.69) is 12.2 Å². The highest BCUT2D eigenvalue weighted by molar-refractivity contribution is 7.92. The summed E-state index contributed by atoms with van der Waals surface area (Å²) in [6, 6.07) is 0.0859. The van der Waals surface area contributed by atoms with E-state index in [-0.39, 0.29) is 6.04 Å². The fourth-order valence-corrected chi connectivity index (χ4v) is 2.95. The van der Waals surface area contributed by atoms with Crippen molar-refractivity contribution in [3.8, 4) is 0 Å². The molecule has 1 fully saturated rings. The Hall–Kier alpha value is -0.0900. The van der Waals surface area contributed by atoms with Crippen LogP contribution in [-0.4, -0.2) is 32.0 Å². The number of hydrogen-bond donors (Lipinski definition) is 1. The van der Waals surface area contributed by atoms with Gasteiger partial charge in [-0.05, 0) is 39.2 Å². The van der Waals surface area contributed by atoms with Crippen molar-refractivity contribution in [2.45, 2.75) is 63.7 Å². The molecule has 1 aliphatic carbocycles. The third kappa shape index (κ3) is 3.68. The second-order valence-corrected chi connectivity index (χ2v) is 8.51. The summed E-state index contributed by atoms with van der Waals surface area (Å²) in [5.41, 5.74) is 0. The SMILES string of the molecule is CCCNC(CC1CCC1)C(C)(C)S(C)(=O)=O. The van der Waals surface area contributed by atoms with Gasteiger partial charge in [-0.1, -0.05) is 26.2 Å². The normalized spacial score (nSPS) is 20.0. The molecule has 1 aliphatic rings. The van der Waals surface area contributed by atoms with E-state index in [1.165, 1.54) is 25.5 Å². The molecule has 3 nitrogen and oxygen atoms in total. The Morgan fingerprint density at radius 1 is 1.35 bits per heavy atom. The zero-order valence-corrected chi connectivity index (χ0v) is 12.4. The zero-order chi connectivity index (χ0) is 13.1. The quantitative estimate of drug-likeness (QED) is 0.765. The van der Waals surface area contributed by atoms with Crippen LogP contribution in [0.15, 0.2) is 0 Å². The molecule has 1 atom stereocenters. The lowest BCUT2D eigenvalue weighted by Gasteiger charge is -2.38. The van der Waals surface area contributed by atoms with Crippen LogP contribution in [0.2, 0.25) is 0 Å². The van der Waals surface area contributed by atoms with Gasteiger partial charge in [-0.25, -0.2) is 8.42 Å². The van der Waals surface area contributed by atoms with E-state index >= 15 is 0 Å². The van der Waals surface area contributed by atoms with Gasteiger partial charge in [-0.3, -0.25) is 0 Å². The van der Waals surface area contributed by atoms with Crippen LogP contribution in [0.25, 0.3) is 0 Å². The molecule has 0 radical (unpaired) electrons. The molecule has 0 bridgehead atoms. The molecular weight excluding hydrogens is 234 g/mol. The third-order valence-electron chi connectivity index (χ3n) is 4.23. The zero-order valence-electron chi connectivity index (χ0n) is 11.6. The fraction of sp³-hybridized carbons (Fsp3) is 1.00. The summed E-state index contributed by atoms with van der Waals surface area (Å²) in [6.45, 7) is 6.72. The Kier molecular flexibility index (Phi) is 5.02. The molecule has 0 saturated heterocycles. The van der Waals surface area contributed by atoms with E-state index in [0.29, 0.717) is 0 Å². The van der Waals surface area contributed by atoms with Crippen molar-refractivity contribution in [1.82, 2.24) is 5.32 Å². The van der Waals surface area contributed by atoms with Crippen LogP contribution in [0.3, 0.4) is 0 Å². The van der Waals surface area contributed by atoms with E-state index in [0.717, 1.165) is 25.3 Å². The molecule has 4 heteroatoms. The van der Waals surface area contributed by atoms with Crippen LogP contribution in [0.4, 0.5) is 0 Å². The molecule has 1 rings (SSSR count). The summed E-state index contributed by atoms with van der Waals surface area (Å²) in [6.07, 6.45) is 7.24. The van der Waals surface area contributed by atoms with Crippen LogP contribution in [-0.2, 0) is 9.84 Å². The van der Waals surface area contributed by atoms with Crippen LogP contribution >= 0.6 is 0 Å². The number of sulfone groups is 1. The van der Waals surface area contributed by atoms with Gasteiger partial charge in [-0.2, -0.15) is 0 Å². The Labute approximate surface area is 106 Å². The molecule has 0 aromatic rings.